The summed E-state index contributed by atoms with van der Waals surface area (Å²) in [7, 11) is 0. The van der Waals surface area contributed by atoms with Crippen LogP contribution in [-0.2, 0) is 13.1 Å². The van der Waals surface area contributed by atoms with Crippen LogP contribution in [0.4, 0.5) is 5.69 Å². The molecule has 0 radical (unpaired) electrons. The van der Waals surface area contributed by atoms with Crippen molar-refractivity contribution in [2.75, 3.05) is 5.73 Å². The van der Waals surface area contributed by atoms with Gasteiger partial charge in [-0.3, -0.25) is 4.79 Å². The summed E-state index contributed by atoms with van der Waals surface area (Å²) in [6.07, 6.45) is 5.46. The zero-order chi connectivity index (χ0) is 14.7. The zero-order valence-electron chi connectivity index (χ0n) is 11.5. The number of nitrogen functional groups attached to an aromatic ring is 1. The lowest BCUT2D eigenvalue weighted by molar-refractivity contribution is 0.568. The molecular weight excluding hydrogens is 264 g/mol. The van der Waals surface area contributed by atoms with Crippen molar-refractivity contribution in [3.63, 3.8) is 0 Å². The molecule has 0 saturated carbocycles. The molecule has 0 aliphatic rings. The standard InChI is InChI=1S/C16H16N4O/c17-14-5-3-4-13(12-14)16-18-7-9-20(16)11-10-19-8-2-1-6-15(19)21/h1-9,12H,10-11,17H2. The first-order valence-electron chi connectivity index (χ1n) is 6.76. The highest BCUT2D eigenvalue weighted by Crippen LogP contribution is 2.19. The van der Waals surface area contributed by atoms with Crippen LogP contribution >= 0.6 is 0 Å². The van der Waals surface area contributed by atoms with Gasteiger partial charge in [-0.1, -0.05) is 18.2 Å². The highest BCUT2D eigenvalue weighted by molar-refractivity contribution is 5.61. The summed E-state index contributed by atoms with van der Waals surface area (Å²) in [6.45, 7) is 1.28. The summed E-state index contributed by atoms with van der Waals surface area (Å²) in [5.41, 5.74) is 7.50. The molecule has 0 fully saturated rings. The number of aryl methyl sites for hydroxylation is 2. The Morgan fingerprint density at radius 3 is 2.67 bits per heavy atom. The van der Waals surface area contributed by atoms with E-state index in [0.717, 1.165) is 11.4 Å². The van der Waals surface area contributed by atoms with Crippen LogP contribution in [0.1, 0.15) is 0 Å². The van der Waals surface area contributed by atoms with Crippen LogP contribution in [0.2, 0.25) is 0 Å². The molecule has 21 heavy (non-hydrogen) atoms. The van der Waals surface area contributed by atoms with Gasteiger partial charge in [0.1, 0.15) is 5.82 Å². The Hall–Kier alpha value is -2.82. The van der Waals surface area contributed by atoms with Gasteiger partial charge >= 0.3 is 0 Å². The SMILES string of the molecule is Nc1cccc(-c2nccn2CCn2ccccc2=O)c1. The van der Waals surface area contributed by atoms with Gasteiger partial charge in [0.2, 0.25) is 0 Å². The van der Waals surface area contributed by atoms with Crippen LogP contribution in [0.25, 0.3) is 11.4 Å². The number of nitrogens with zero attached hydrogens (tertiary/aromatic N) is 3. The average molecular weight is 280 g/mol. The molecule has 0 unspecified atom stereocenters. The molecule has 0 aliphatic carbocycles. The van der Waals surface area contributed by atoms with Gasteiger partial charge in [-0.15, -0.1) is 0 Å². The van der Waals surface area contributed by atoms with Crippen LogP contribution in [0.3, 0.4) is 0 Å². The maximum atomic E-state index is 11.7. The third kappa shape index (κ3) is 2.86. The van der Waals surface area contributed by atoms with Crippen molar-refractivity contribution in [3.05, 3.63) is 71.4 Å². The van der Waals surface area contributed by atoms with Gasteiger partial charge in [0.05, 0.1) is 0 Å². The molecule has 2 aromatic heterocycles. The minimum atomic E-state index is 0.00289. The first kappa shape index (κ1) is 13.2. The summed E-state index contributed by atoms with van der Waals surface area (Å²) in [6, 6.07) is 12.8. The van der Waals surface area contributed by atoms with E-state index in [9.17, 15) is 4.79 Å². The molecule has 3 aromatic rings. The normalized spacial score (nSPS) is 10.7. The highest BCUT2D eigenvalue weighted by atomic mass is 16.1. The van der Waals surface area contributed by atoms with Crippen molar-refractivity contribution >= 4 is 5.69 Å². The molecule has 0 aliphatic heterocycles. The molecule has 3 rings (SSSR count). The Morgan fingerprint density at radius 2 is 1.86 bits per heavy atom. The van der Waals surface area contributed by atoms with Crippen LogP contribution in [0.5, 0.6) is 0 Å². The topological polar surface area (TPSA) is 65.8 Å². The van der Waals surface area contributed by atoms with Crippen molar-refractivity contribution in [1.82, 2.24) is 14.1 Å². The van der Waals surface area contributed by atoms with E-state index in [1.165, 1.54) is 0 Å². The predicted octanol–water partition coefficient (Wildman–Crippen LogP) is 1.99. The first-order valence-corrected chi connectivity index (χ1v) is 6.76. The summed E-state index contributed by atoms with van der Waals surface area (Å²) in [5.74, 6) is 0.853. The highest BCUT2D eigenvalue weighted by Gasteiger charge is 2.06. The second-order valence-corrected chi connectivity index (χ2v) is 4.80. The molecule has 5 heteroatoms. The van der Waals surface area contributed by atoms with Crippen molar-refractivity contribution in [2.24, 2.45) is 0 Å². The molecule has 0 amide bonds. The second kappa shape index (κ2) is 5.66. The van der Waals surface area contributed by atoms with Gasteiger partial charge in [0.25, 0.3) is 5.56 Å². The van der Waals surface area contributed by atoms with Crippen molar-refractivity contribution in [2.45, 2.75) is 13.1 Å². The minimum absolute atomic E-state index is 0.00289. The number of pyridine rings is 1. The van der Waals surface area contributed by atoms with Gasteiger partial charge < -0.3 is 14.9 Å². The number of hydrogen-bond donors (Lipinski definition) is 1. The molecule has 0 atom stereocenters. The lowest BCUT2D eigenvalue weighted by Crippen LogP contribution is -2.20. The number of benzene rings is 1. The third-order valence-electron chi connectivity index (χ3n) is 3.34. The minimum Gasteiger partial charge on any atom is -0.399 e. The lowest BCUT2D eigenvalue weighted by atomic mass is 10.2. The molecule has 0 bridgehead atoms. The van der Waals surface area contributed by atoms with Crippen LogP contribution < -0.4 is 11.3 Å². The van der Waals surface area contributed by atoms with Gasteiger partial charge in [-0.2, -0.15) is 0 Å². The first-order chi connectivity index (χ1) is 10.2. The maximum Gasteiger partial charge on any atom is 0.250 e. The summed E-state index contributed by atoms with van der Waals surface area (Å²) in [4.78, 5) is 16.1. The number of aromatic nitrogens is 3. The number of hydrogen-bond acceptors (Lipinski definition) is 3. The van der Waals surface area contributed by atoms with E-state index in [1.807, 2.05) is 41.1 Å². The largest absolute Gasteiger partial charge is 0.399 e. The van der Waals surface area contributed by atoms with E-state index in [0.29, 0.717) is 18.8 Å². The van der Waals surface area contributed by atoms with Crippen molar-refractivity contribution < 1.29 is 0 Å². The Bertz CT molecular complexity index is 804. The molecule has 5 nitrogen and oxygen atoms in total. The van der Waals surface area contributed by atoms with E-state index in [-0.39, 0.29) is 5.56 Å². The Kier molecular flexibility index (Phi) is 3.55. The van der Waals surface area contributed by atoms with E-state index in [1.54, 1.807) is 29.1 Å². The quantitative estimate of drug-likeness (QED) is 0.743. The molecule has 0 saturated heterocycles. The molecule has 0 spiro atoms. The molecule has 2 heterocycles. The van der Waals surface area contributed by atoms with E-state index < -0.39 is 0 Å². The second-order valence-electron chi connectivity index (χ2n) is 4.80. The van der Waals surface area contributed by atoms with Gasteiger partial charge in [-0.05, 0) is 18.2 Å². The fourth-order valence-electron chi connectivity index (χ4n) is 2.29. The summed E-state index contributed by atoms with van der Waals surface area (Å²) >= 11 is 0. The Balaban J connectivity index is 1.83. The summed E-state index contributed by atoms with van der Waals surface area (Å²) in [5, 5.41) is 0. The van der Waals surface area contributed by atoms with Gasteiger partial charge in [0, 0.05) is 49.0 Å². The number of nitrogens with two attached hydrogens (primary N) is 1. The number of rotatable bonds is 4. The molecular formula is C16H16N4O. The maximum absolute atomic E-state index is 11.7. The van der Waals surface area contributed by atoms with Crippen LogP contribution in [-0.4, -0.2) is 14.1 Å². The molecule has 2 N–H and O–H groups in total. The fraction of sp³-hybridized carbons (Fsp3) is 0.125. The van der Waals surface area contributed by atoms with E-state index in [2.05, 4.69) is 4.98 Å². The fourth-order valence-corrected chi connectivity index (χ4v) is 2.29. The van der Waals surface area contributed by atoms with Crippen molar-refractivity contribution in [3.8, 4) is 11.4 Å². The Morgan fingerprint density at radius 1 is 1.00 bits per heavy atom. The Labute approximate surface area is 122 Å². The predicted molar refractivity (Wildman–Crippen MR) is 82.8 cm³/mol. The number of imidazole rings is 1. The van der Waals surface area contributed by atoms with Crippen molar-refractivity contribution in [1.29, 1.82) is 0 Å². The zero-order valence-corrected chi connectivity index (χ0v) is 11.5. The van der Waals surface area contributed by atoms with E-state index >= 15 is 0 Å². The summed E-state index contributed by atoms with van der Waals surface area (Å²) < 4.78 is 3.71. The average Bonchev–Trinajstić information content (AvgIpc) is 2.95. The molecule has 106 valence electrons. The lowest BCUT2D eigenvalue weighted by Gasteiger charge is -2.10. The monoisotopic (exact) mass is 280 g/mol. The third-order valence-corrected chi connectivity index (χ3v) is 3.34. The van der Waals surface area contributed by atoms with Crippen LogP contribution in [0, 0.1) is 0 Å². The van der Waals surface area contributed by atoms with Gasteiger partial charge in [-0.25, -0.2) is 4.98 Å². The van der Waals surface area contributed by atoms with Gasteiger partial charge in [0.15, 0.2) is 0 Å². The van der Waals surface area contributed by atoms with E-state index in [4.69, 9.17) is 5.73 Å². The smallest absolute Gasteiger partial charge is 0.250 e. The molecule has 1 aromatic carbocycles. The number of anilines is 1. The van der Waals surface area contributed by atoms with Crippen LogP contribution in [0.15, 0.2) is 65.8 Å².